The molecule has 0 spiro atoms. The Hall–Kier alpha value is -2.99. The van der Waals surface area contributed by atoms with Crippen LogP contribution in [-0.2, 0) is 4.79 Å². The summed E-state index contributed by atoms with van der Waals surface area (Å²) in [5.41, 5.74) is 1.46. The molecule has 0 unspecified atom stereocenters. The van der Waals surface area contributed by atoms with Gasteiger partial charge in [0.1, 0.15) is 10.8 Å². The van der Waals surface area contributed by atoms with Crippen molar-refractivity contribution in [1.29, 1.82) is 0 Å². The Kier molecular flexibility index (Phi) is 5.43. The largest absolute Gasteiger partial charge is 0.497 e. The monoisotopic (exact) mass is 371 g/mol. The van der Waals surface area contributed by atoms with Crippen LogP contribution in [0.2, 0.25) is 5.02 Å². The molecule has 134 valence electrons. The summed E-state index contributed by atoms with van der Waals surface area (Å²) in [5.74, 6) is 0.536. The predicted molar refractivity (Wildman–Crippen MR) is 100 cm³/mol. The normalized spacial score (nSPS) is 11.7. The lowest BCUT2D eigenvalue weighted by Crippen LogP contribution is -2.30. The third-order valence-corrected chi connectivity index (χ3v) is 3.91. The van der Waals surface area contributed by atoms with Crippen LogP contribution < -0.4 is 14.8 Å². The molecule has 1 heterocycles. The van der Waals surface area contributed by atoms with E-state index in [-0.39, 0.29) is 11.8 Å². The van der Waals surface area contributed by atoms with Crippen molar-refractivity contribution in [2.75, 3.05) is 12.4 Å². The van der Waals surface area contributed by atoms with Crippen LogP contribution in [0, 0.1) is 0 Å². The highest BCUT2D eigenvalue weighted by molar-refractivity contribution is 6.31. The van der Waals surface area contributed by atoms with Gasteiger partial charge in [-0.05, 0) is 31.2 Å². The van der Waals surface area contributed by atoms with Crippen LogP contribution in [0.1, 0.15) is 6.92 Å². The van der Waals surface area contributed by atoms with Gasteiger partial charge in [0.05, 0.1) is 19.0 Å². The summed E-state index contributed by atoms with van der Waals surface area (Å²) < 4.78 is 12.4. The van der Waals surface area contributed by atoms with Gasteiger partial charge in [0.25, 0.3) is 11.8 Å². The lowest BCUT2D eigenvalue weighted by atomic mass is 10.3. The molecule has 1 atom stereocenters. The molecular weight excluding hydrogens is 354 g/mol. The highest BCUT2D eigenvalue weighted by atomic mass is 35.5. The van der Waals surface area contributed by atoms with Gasteiger partial charge < -0.3 is 14.8 Å². The van der Waals surface area contributed by atoms with Gasteiger partial charge in [-0.1, -0.05) is 35.9 Å². The first-order valence-electron chi connectivity index (χ1n) is 7.99. The molecule has 0 fully saturated rings. The second-order valence-corrected chi connectivity index (χ2v) is 5.95. The first kappa shape index (κ1) is 17.8. The second-order valence-electron chi connectivity index (χ2n) is 5.54. The van der Waals surface area contributed by atoms with Crippen LogP contribution in [0.4, 0.5) is 5.69 Å². The van der Waals surface area contributed by atoms with Crippen molar-refractivity contribution in [3.05, 3.63) is 65.8 Å². The second kappa shape index (κ2) is 7.93. The van der Waals surface area contributed by atoms with Gasteiger partial charge in [-0.15, -0.1) is 5.10 Å². The number of aromatic nitrogens is 2. The topological polar surface area (TPSA) is 65.4 Å². The Morgan fingerprint density at radius 1 is 1.19 bits per heavy atom. The molecule has 1 aromatic heterocycles. The molecule has 7 heteroatoms. The first-order valence-corrected chi connectivity index (χ1v) is 8.37. The molecule has 0 saturated heterocycles. The molecule has 26 heavy (non-hydrogen) atoms. The van der Waals surface area contributed by atoms with Crippen molar-refractivity contribution in [2.45, 2.75) is 13.0 Å². The van der Waals surface area contributed by atoms with E-state index in [9.17, 15) is 4.79 Å². The fraction of sp³-hybridized carbons (Fsp3) is 0.158. The summed E-state index contributed by atoms with van der Waals surface area (Å²) in [6, 6.07) is 16.6. The zero-order valence-corrected chi connectivity index (χ0v) is 15.1. The molecule has 0 saturated carbocycles. The zero-order valence-electron chi connectivity index (χ0n) is 14.3. The molecule has 0 bridgehead atoms. The zero-order chi connectivity index (χ0) is 18.5. The number of halogens is 1. The van der Waals surface area contributed by atoms with Crippen LogP contribution >= 0.6 is 11.6 Å². The minimum absolute atomic E-state index is 0.198. The van der Waals surface area contributed by atoms with Gasteiger partial charge in [0, 0.05) is 11.8 Å². The van der Waals surface area contributed by atoms with E-state index in [1.165, 1.54) is 0 Å². The van der Waals surface area contributed by atoms with Crippen LogP contribution in [-0.4, -0.2) is 28.9 Å². The fourth-order valence-corrected chi connectivity index (χ4v) is 2.47. The van der Waals surface area contributed by atoms with Crippen LogP contribution in [0.25, 0.3) is 5.69 Å². The Labute approximate surface area is 156 Å². The highest BCUT2D eigenvalue weighted by Gasteiger charge is 2.19. The van der Waals surface area contributed by atoms with Crippen molar-refractivity contribution in [2.24, 2.45) is 0 Å². The highest BCUT2D eigenvalue weighted by Crippen LogP contribution is 2.25. The molecule has 3 aromatic rings. The number of carbonyl (C=O) groups excluding carboxylic acids is 1. The van der Waals surface area contributed by atoms with Gasteiger partial charge in [0.15, 0.2) is 6.10 Å². The van der Waals surface area contributed by atoms with Gasteiger partial charge in [0.2, 0.25) is 0 Å². The van der Waals surface area contributed by atoms with E-state index in [2.05, 4.69) is 10.4 Å². The summed E-state index contributed by atoms with van der Waals surface area (Å²) in [5, 5.41) is 7.40. The number of para-hydroxylation sites is 1. The predicted octanol–water partition coefficient (Wildman–Crippen LogP) is 3.94. The number of nitrogens with one attached hydrogen (secondary N) is 1. The smallest absolute Gasteiger partial charge is 0.265 e. The van der Waals surface area contributed by atoms with Gasteiger partial charge in [-0.2, -0.15) is 0 Å². The van der Waals surface area contributed by atoms with Crippen LogP contribution in [0.5, 0.6) is 11.6 Å². The Morgan fingerprint density at radius 3 is 2.69 bits per heavy atom. The summed E-state index contributed by atoms with van der Waals surface area (Å²) >= 11 is 6.19. The minimum atomic E-state index is -0.780. The van der Waals surface area contributed by atoms with Gasteiger partial charge in [-0.3, -0.25) is 4.79 Å². The number of methoxy groups -OCH3 is 1. The molecule has 1 amide bonds. The maximum Gasteiger partial charge on any atom is 0.265 e. The standard InChI is InChI=1S/C19H18ClN3O3/c1-13(18(24)21-14-7-6-10-16(11-14)25-2)26-19-17(20)12-23(22-19)15-8-4-3-5-9-15/h3-13H,1-2H3,(H,21,24)/t13-/m1/s1. The first-order chi connectivity index (χ1) is 12.6. The van der Waals surface area contributed by atoms with E-state index in [1.54, 1.807) is 49.2 Å². The maximum atomic E-state index is 12.3. The van der Waals surface area contributed by atoms with Gasteiger partial charge in [-0.25, -0.2) is 4.68 Å². The number of carbonyl (C=O) groups is 1. The number of benzene rings is 2. The van der Waals surface area contributed by atoms with Gasteiger partial charge >= 0.3 is 0 Å². The molecule has 2 aromatic carbocycles. The number of amides is 1. The number of nitrogens with zero attached hydrogens (tertiary/aromatic N) is 2. The van der Waals surface area contributed by atoms with E-state index in [0.29, 0.717) is 16.5 Å². The van der Waals surface area contributed by atoms with Crippen LogP contribution in [0.15, 0.2) is 60.8 Å². The Morgan fingerprint density at radius 2 is 1.96 bits per heavy atom. The van der Waals surface area contributed by atoms with Crippen molar-refractivity contribution in [3.63, 3.8) is 0 Å². The average Bonchev–Trinajstić information content (AvgIpc) is 3.03. The molecule has 6 nitrogen and oxygen atoms in total. The number of hydrogen-bond acceptors (Lipinski definition) is 4. The average molecular weight is 372 g/mol. The summed E-state index contributed by atoms with van der Waals surface area (Å²) in [6.45, 7) is 1.63. The van der Waals surface area contributed by atoms with E-state index in [0.717, 1.165) is 5.69 Å². The van der Waals surface area contributed by atoms with Crippen LogP contribution in [0.3, 0.4) is 0 Å². The molecule has 1 N–H and O–H groups in total. The van der Waals surface area contributed by atoms with Crippen molar-refractivity contribution in [3.8, 4) is 17.3 Å². The molecule has 3 rings (SSSR count). The molecule has 0 aliphatic rings. The summed E-state index contributed by atoms with van der Waals surface area (Å²) in [7, 11) is 1.57. The molecule has 0 radical (unpaired) electrons. The molecule has 0 aliphatic heterocycles. The third kappa shape index (κ3) is 4.15. The fourth-order valence-electron chi connectivity index (χ4n) is 2.30. The Balaban J connectivity index is 1.68. The third-order valence-electron chi connectivity index (χ3n) is 3.65. The molecular formula is C19H18ClN3O3. The minimum Gasteiger partial charge on any atom is -0.497 e. The van der Waals surface area contributed by atoms with E-state index >= 15 is 0 Å². The number of ether oxygens (including phenoxy) is 2. The van der Waals surface area contributed by atoms with E-state index < -0.39 is 6.10 Å². The number of hydrogen-bond donors (Lipinski definition) is 1. The van der Waals surface area contributed by atoms with Crippen molar-refractivity contribution < 1.29 is 14.3 Å². The summed E-state index contributed by atoms with van der Waals surface area (Å²) in [6.07, 6.45) is 0.858. The quantitative estimate of drug-likeness (QED) is 0.712. The Bertz CT molecular complexity index is 896. The lowest BCUT2D eigenvalue weighted by Gasteiger charge is -2.13. The van der Waals surface area contributed by atoms with E-state index in [4.69, 9.17) is 21.1 Å². The maximum absolute atomic E-state index is 12.3. The number of anilines is 1. The SMILES string of the molecule is COc1cccc(NC(=O)[C@@H](C)Oc2nn(-c3ccccc3)cc2Cl)c1. The van der Waals surface area contributed by atoms with Crippen molar-refractivity contribution >= 4 is 23.2 Å². The van der Waals surface area contributed by atoms with E-state index in [1.807, 2.05) is 30.3 Å². The lowest BCUT2D eigenvalue weighted by molar-refractivity contribution is -0.122. The van der Waals surface area contributed by atoms with Crippen molar-refractivity contribution in [1.82, 2.24) is 9.78 Å². The summed E-state index contributed by atoms with van der Waals surface area (Å²) in [4.78, 5) is 12.3. The number of rotatable bonds is 6. The molecule has 0 aliphatic carbocycles.